The normalized spacial score (nSPS) is 16.3. The zero-order chi connectivity index (χ0) is 13.5. The van der Waals surface area contributed by atoms with Crippen molar-refractivity contribution in [1.82, 2.24) is 15.5 Å². The third kappa shape index (κ3) is 4.93. The van der Waals surface area contributed by atoms with E-state index in [2.05, 4.69) is 31.5 Å². The van der Waals surface area contributed by atoms with Crippen LogP contribution in [-0.4, -0.2) is 50.1 Å². The summed E-state index contributed by atoms with van der Waals surface area (Å²) in [4.78, 5) is 14.2. The van der Waals surface area contributed by atoms with Gasteiger partial charge in [-0.25, -0.2) is 0 Å². The zero-order valence-corrected chi connectivity index (χ0v) is 12.6. The summed E-state index contributed by atoms with van der Waals surface area (Å²) in [6.07, 6.45) is 0.434. The average molecular weight is 326 g/mol. The molecule has 0 atom stereocenters. The van der Waals surface area contributed by atoms with Gasteiger partial charge >= 0.3 is 0 Å². The fraction of sp³-hybridized carbons (Fsp3) is 0.500. The second kappa shape index (κ2) is 7.62. The van der Waals surface area contributed by atoms with Crippen molar-refractivity contribution in [3.63, 3.8) is 0 Å². The average Bonchev–Trinajstić information content (AvgIpc) is 2.43. The van der Waals surface area contributed by atoms with Gasteiger partial charge in [-0.05, 0) is 11.6 Å². The maximum atomic E-state index is 11.8. The molecule has 1 aromatic rings. The Bertz CT molecular complexity index is 419. The third-order valence-electron chi connectivity index (χ3n) is 3.27. The van der Waals surface area contributed by atoms with Crippen molar-refractivity contribution in [2.75, 3.05) is 39.3 Å². The highest BCUT2D eigenvalue weighted by molar-refractivity contribution is 9.10. The van der Waals surface area contributed by atoms with E-state index in [1.165, 1.54) is 0 Å². The van der Waals surface area contributed by atoms with Crippen molar-refractivity contribution >= 4 is 21.8 Å². The Morgan fingerprint density at radius 2 is 2.05 bits per heavy atom. The molecule has 1 aromatic carbocycles. The van der Waals surface area contributed by atoms with Crippen LogP contribution >= 0.6 is 15.9 Å². The smallest absolute Gasteiger partial charge is 0.224 e. The SMILES string of the molecule is O=C(Cc1ccccc1Br)NCCN1CCNCC1. The molecule has 0 unspecified atom stereocenters. The topological polar surface area (TPSA) is 44.4 Å². The van der Waals surface area contributed by atoms with E-state index in [9.17, 15) is 4.79 Å². The number of amides is 1. The number of piperazine rings is 1. The lowest BCUT2D eigenvalue weighted by molar-refractivity contribution is -0.120. The van der Waals surface area contributed by atoms with E-state index in [0.29, 0.717) is 6.42 Å². The van der Waals surface area contributed by atoms with Crippen LogP contribution in [0.5, 0.6) is 0 Å². The van der Waals surface area contributed by atoms with Gasteiger partial charge in [0.1, 0.15) is 0 Å². The van der Waals surface area contributed by atoms with Crippen LogP contribution in [0.4, 0.5) is 0 Å². The van der Waals surface area contributed by atoms with Gasteiger partial charge in [0.05, 0.1) is 6.42 Å². The maximum absolute atomic E-state index is 11.8. The van der Waals surface area contributed by atoms with Crippen molar-refractivity contribution in [1.29, 1.82) is 0 Å². The summed E-state index contributed by atoms with van der Waals surface area (Å²) < 4.78 is 0.993. The minimum absolute atomic E-state index is 0.0852. The standard InChI is InChI=1S/C14H20BrN3O/c15-13-4-2-1-3-12(13)11-14(19)17-7-10-18-8-5-16-6-9-18/h1-4,16H,5-11H2,(H,17,19). The number of hydrogen-bond donors (Lipinski definition) is 2. The van der Waals surface area contributed by atoms with E-state index in [-0.39, 0.29) is 5.91 Å². The predicted octanol–water partition coefficient (Wildman–Crippen LogP) is 1.01. The van der Waals surface area contributed by atoms with Gasteiger partial charge < -0.3 is 10.6 Å². The Hall–Kier alpha value is -0.910. The van der Waals surface area contributed by atoms with Crippen molar-refractivity contribution in [3.05, 3.63) is 34.3 Å². The van der Waals surface area contributed by atoms with Gasteiger partial charge in [0.15, 0.2) is 0 Å². The Balaban J connectivity index is 1.68. The van der Waals surface area contributed by atoms with Crippen molar-refractivity contribution in [3.8, 4) is 0 Å². The summed E-state index contributed by atoms with van der Waals surface area (Å²) in [6, 6.07) is 7.84. The molecule has 104 valence electrons. The van der Waals surface area contributed by atoms with Crippen LogP contribution in [0.1, 0.15) is 5.56 Å². The molecule has 19 heavy (non-hydrogen) atoms. The molecule has 0 saturated carbocycles. The molecular formula is C14H20BrN3O. The number of benzene rings is 1. The molecule has 1 heterocycles. The Morgan fingerprint density at radius 1 is 1.32 bits per heavy atom. The number of carbonyl (C=O) groups is 1. The highest BCUT2D eigenvalue weighted by atomic mass is 79.9. The first kappa shape index (κ1) is 14.5. The molecule has 1 aliphatic rings. The van der Waals surface area contributed by atoms with Crippen molar-refractivity contribution < 1.29 is 4.79 Å². The summed E-state index contributed by atoms with van der Waals surface area (Å²) in [5.74, 6) is 0.0852. The molecular weight excluding hydrogens is 306 g/mol. The van der Waals surface area contributed by atoms with Gasteiger partial charge in [-0.15, -0.1) is 0 Å². The zero-order valence-electron chi connectivity index (χ0n) is 11.0. The summed E-state index contributed by atoms with van der Waals surface area (Å²) >= 11 is 3.46. The molecule has 1 amide bonds. The van der Waals surface area contributed by atoms with E-state index in [1.807, 2.05) is 24.3 Å². The molecule has 1 fully saturated rings. The highest BCUT2D eigenvalue weighted by Crippen LogP contribution is 2.15. The molecule has 2 rings (SSSR count). The number of hydrogen-bond acceptors (Lipinski definition) is 3. The Labute approximate surface area is 122 Å². The Morgan fingerprint density at radius 3 is 2.79 bits per heavy atom. The lowest BCUT2D eigenvalue weighted by atomic mass is 10.1. The van der Waals surface area contributed by atoms with Crippen molar-refractivity contribution in [2.24, 2.45) is 0 Å². The Kier molecular flexibility index (Phi) is 5.82. The molecule has 4 nitrogen and oxygen atoms in total. The van der Waals surface area contributed by atoms with E-state index >= 15 is 0 Å². The number of rotatable bonds is 5. The first-order valence-electron chi connectivity index (χ1n) is 6.69. The minimum atomic E-state index is 0.0852. The van der Waals surface area contributed by atoms with Gasteiger partial charge in [-0.3, -0.25) is 9.69 Å². The molecule has 0 aliphatic carbocycles. The highest BCUT2D eigenvalue weighted by Gasteiger charge is 2.10. The maximum Gasteiger partial charge on any atom is 0.224 e. The lowest BCUT2D eigenvalue weighted by Gasteiger charge is -2.27. The minimum Gasteiger partial charge on any atom is -0.355 e. The van der Waals surface area contributed by atoms with E-state index in [1.54, 1.807) is 0 Å². The fourth-order valence-corrected chi connectivity index (χ4v) is 2.59. The predicted molar refractivity (Wildman–Crippen MR) is 80.2 cm³/mol. The molecule has 2 N–H and O–H groups in total. The lowest BCUT2D eigenvalue weighted by Crippen LogP contribution is -2.46. The van der Waals surface area contributed by atoms with Crippen LogP contribution < -0.4 is 10.6 Å². The van der Waals surface area contributed by atoms with Gasteiger partial charge in [-0.1, -0.05) is 34.1 Å². The van der Waals surface area contributed by atoms with Crippen LogP contribution in [0.25, 0.3) is 0 Å². The first-order valence-corrected chi connectivity index (χ1v) is 7.48. The number of carbonyl (C=O) groups excluding carboxylic acids is 1. The molecule has 0 aromatic heterocycles. The van der Waals surface area contributed by atoms with Gasteiger partial charge in [-0.2, -0.15) is 0 Å². The third-order valence-corrected chi connectivity index (χ3v) is 4.04. The number of nitrogens with zero attached hydrogens (tertiary/aromatic N) is 1. The first-order chi connectivity index (χ1) is 9.25. The van der Waals surface area contributed by atoms with Gasteiger partial charge in [0, 0.05) is 43.7 Å². The summed E-state index contributed by atoms with van der Waals surface area (Å²) in [7, 11) is 0. The number of halogens is 1. The van der Waals surface area contributed by atoms with E-state index in [0.717, 1.165) is 49.3 Å². The molecule has 0 radical (unpaired) electrons. The van der Waals surface area contributed by atoms with Crippen LogP contribution in [0.15, 0.2) is 28.7 Å². The molecule has 1 aliphatic heterocycles. The van der Waals surface area contributed by atoms with Crippen LogP contribution in [0, 0.1) is 0 Å². The second-order valence-corrected chi connectivity index (χ2v) is 5.56. The van der Waals surface area contributed by atoms with Gasteiger partial charge in [0.2, 0.25) is 5.91 Å². The van der Waals surface area contributed by atoms with Crippen LogP contribution in [0.2, 0.25) is 0 Å². The summed E-state index contributed by atoms with van der Waals surface area (Å²) in [6.45, 7) is 5.89. The van der Waals surface area contributed by atoms with Crippen LogP contribution in [-0.2, 0) is 11.2 Å². The molecule has 0 bridgehead atoms. The molecule has 0 spiro atoms. The van der Waals surface area contributed by atoms with E-state index < -0.39 is 0 Å². The quantitative estimate of drug-likeness (QED) is 0.849. The summed E-state index contributed by atoms with van der Waals surface area (Å²) in [5.41, 5.74) is 1.03. The second-order valence-electron chi connectivity index (χ2n) is 4.71. The molecule has 5 heteroatoms. The number of nitrogens with one attached hydrogen (secondary N) is 2. The van der Waals surface area contributed by atoms with Crippen LogP contribution in [0.3, 0.4) is 0 Å². The van der Waals surface area contributed by atoms with Gasteiger partial charge in [0.25, 0.3) is 0 Å². The summed E-state index contributed by atoms with van der Waals surface area (Å²) in [5, 5.41) is 6.30. The van der Waals surface area contributed by atoms with Crippen molar-refractivity contribution in [2.45, 2.75) is 6.42 Å². The largest absolute Gasteiger partial charge is 0.355 e. The van der Waals surface area contributed by atoms with E-state index in [4.69, 9.17) is 0 Å². The monoisotopic (exact) mass is 325 g/mol. The fourth-order valence-electron chi connectivity index (χ4n) is 2.17. The molecule has 1 saturated heterocycles.